The monoisotopic (exact) mass is 318 g/mol. The number of rotatable bonds is 2. The van der Waals surface area contributed by atoms with E-state index in [0.717, 1.165) is 21.8 Å². The predicted octanol–water partition coefficient (Wildman–Crippen LogP) is 4.60. The molecule has 3 heteroatoms. The molecule has 0 atom stereocenters. The van der Waals surface area contributed by atoms with E-state index in [1.54, 1.807) is 0 Å². The van der Waals surface area contributed by atoms with Crippen LogP contribution in [0.2, 0.25) is 0 Å². The van der Waals surface area contributed by atoms with Gasteiger partial charge in [-0.1, -0.05) is 40.6 Å². The Hall–Kier alpha value is -1.35. The molecule has 0 aliphatic carbocycles. The number of benzene rings is 1. The standard InChI is InChI=1S/C16H19BrN2/c1-5-11(2)12(3)19-10-9-13-7-6-8-14(17)15(13)16(19)18-4/h6-10H,5H2,1-4H3. The second kappa shape index (κ2) is 5.74. The first kappa shape index (κ1) is 14.1. The van der Waals surface area contributed by atoms with Gasteiger partial charge in [0.2, 0.25) is 0 Å². The van der Waals surface area contributed by atoms with Crippen molar-refractivity contribution in [1.82, 2.24) is 4.57 Å². The van der Waals surface area contributed by atoms with Crippen molar-refractivity contribution in [1.29, 1.82) is 0 Å². The number of aromatic nitrogens is 1. The molecule has 0 fully saturated rings. The van der Waals surface area contributed by atoms with E-state index in [1.807, 2.05) is 7.05 Å². The lowest BCUT2D eigenvalue weighted by Gasteiger charge is -2.13. The fraction of sp³-hybridized carbons (Fsp3) is 0.312. The molecule has 0 aliphatic rings. The van der Waals surface area contributed by atoms with Gasteiger partial charge in [-0.2, -0.15) is 0 Å². The summed E-state index contributed by atoms with van der Waals surface area (Å²) >= 11 is 3.64. The van der Waals surface area contributed by atoms with Gasteiger partial charge in [-0.05, 0) is 37.8 Å². The second-order valence-corrected chi connectivity index (χ2v) is 5.51. The fourth-order valence-electron chi connectivity index (χ4n) is 2.21. The first-order chi connectivity index (χ1) is 9.10. The van der Waals surface area contributed by atoms with Gasteiger partial charge in [0.05, 0.1) is 0 Å². The molecular formula is C16H19BrN2. The van der Waals surface area contributed by atoms with E-state index in [4.69, 9.17) is 0 Å². The van der Waals surface area contributed by atoms with Crippen LogP contribution in [-0.4, -0.2) is 11.6 Å². The molecule has 100 valence electrons. The highest BCUT2D eigenvalue weighted by Crippen LogP contribution is 2.21. The Morgan fingerprint density at radius 1 is 1.26 bits per heavy atom. The molecule has 1 aromatic heterocycles. The molecule has 0 radical (unpaired) electrons. The Morgan fingerprint density at radius 3 is 2.63 bits per heavy atom. The van der Waals surface area contributed by atoms with Crippen molar-refractivity contribution < 1.29 is 0 Å². The van der Waals surface area contributed by atoms with Crippen molar-refractivity contribution in [3.8, 4) is 0 Å². The maximum atomic E-state index is 4.50. The van der Waals surface area contributed by atoms with Gasteiger partial charge in [-0.3, -0.25) is 4.99 Å². The molecule has 2 nitrogen and oxygen atoms in total. The highest BCUT2D eigenvalue weighted by molar-refractivity contribution is 9.10. The van der Waals surface area contributed by atoms with Crippen molar-refractivity contribution in [2.24, 2.45) is 4.99 Å². The first-order valence-electron chi connectivity index (χ1n) is 6.49. The Bertz CT molecular complexity index is 708. The molecule has 0 saturated heterocycles. The van der Waals surface area contributed by atoms with Gasteiger partial charge in [0, 0.05) is 28.8 Å². The van der Waals surface area contributed by atoms with E-state index >= 15 is 0 Å². The topological polar surface area (TPSA) is 17.3 Å². The van der Waals surface area contributed by atoms with Crippen molar-refractivity contribution in [2.45, 2.75) is 27.2 Å². The van der Waals surface area contributed by atoms with Crippen LogP contribution in [0.1, 0.15) is 27.2 Å². The Labute approximate surface area is 122 Å². The van der Waals surface area contributed by atoms with Gasteiger partial charge in [-0.25, -0.2) is 0 Å². The number of nitrogens with zero attached hydrogens (tertiary/aromatic N) is 2. The van der Waals surface area contributed by atoms with Crippen LogP contribution in [0.25, 0.3) is 16.5 Å². The summed E-state index contributed by atoms with van der Waals surface area (Å²) in [4.78, 5) is 4.50. The normalized spacial score (nSPS) is 13.8. The Balaban J connectivity index is 2.90. The van der Waals surface area contributed by atoms with Gasteiger partial charge in [0.25, 0.3) is 0 Å². The summed E-state index contributed by atoms with van der Waals surface area (Å²) < 4.78 is 3.26. The highest BCUT2D eigenvalue weighted by Gasteiger charge is 2.06. The third-order valence-electron chi connectivity index (χ3n) is 3.62. The van der Waals surface area contributed by atoms with E-state index in [1.165, 1.54) is 16.7 Å². The smallest absolute Gasteiger partial charge is 0.140 e. The SMILES string of the molecule is CCC(C)=C(C)n1ccc2cccc(Br)c2c1=NC. The number of pyridine rings is 1. The number of allylic oxidation sites excluding steroid dienone is 2. The Kier molecular flexibility index (Phi) is 4.25. The van der Waals surface area contributed by atoms with Gasteiger partial charge in [0.1, 0.15) is 5.49 Å². The van der Waals surface area contributed by atoms with Crippen LogP contribution >= 0.6 is 15.9 Å². The maximum Gasteiger partial charge on any atom is 0.140 e. The minimum Gasteiger partial charge on any atom is -0.306 e. The molecule has 19 heavy (non-hydrogen) atoms. The first-order valence-corrected chi connectivity index (χ1v) is 7.28. The van der Waals surface area contributed by atoms with E-state index in [2.05, 4.69) is 76.7 Å². The minimum absolute atomic E-state index is 0.996. The molecular weight excluding hydrogens is 300 g/mol. The lowest BCUT2D eigenvalue weighted by molar-refractivity contribution is 0.940. The van der Waals surface area contributed by atoms with Gasteiger partial charge in [-0.15, -0.1) is 0 Å². The van der Waals surface area contributed by atoms with Crippen LogP contribution in [0.15, 0.2) is 45.5 Å². The fourth-order valence-corrected chi connectivity index (χ4v) is 2.77. The van der Waals surface area contributed by atoms with E-state index in [-0.39, 0.29) is 0 Å². The third-order valence-corrected chi connectivity index (χ3v) is 4.28. The summed E-state index contributed by atoms with van der Waals surface area (Å²) in [5.41, 5.74) is 3.62. The zero-order valence-electron chi connectivity index (χ0n) is 11.9. The van der Waals surface area contributed by atoms with Crippen LogP contribution in [0.4, 0.5) is 0 Å². The van der Waals surface area contributed by atoms with Gasteiger partial charge < -0.3 is 4.57 Å². The van der Waals surface area contributed by atoms with E-state index in [9.17, 15) is 0 Å². The molecule has 0 bridgehead atoms. The number of hydrogen-bond donors (Lipinski definition) is 0. The zero-order valence-corrected chi connectivity index (χ0v) is 13.5. The summed E-state index contributed by atoms with van der Waals surface area (Å²) in [5, 5.41) is 2.36. The molecule has 0 amide bonds. The minimum atomic E-state index is 0.996. The molecule has 1 heterocycles. The average Bonchev–Trinajstić information content (AvgIpc) is 2.44. The lowest BCUT2D eigenvalue weighted by Crippen LogP contribution is -2.20. The van der Waals surface area contributed by atoms with Crippen molar-refractivity contribution in [3.05, 3.63) is 46.0 Å². The van der Waals surface area contributed by atoms with Crippen molar-refractivity contribution >= 4 is 32.4 Å². The third kappa shape index (κ3) is 2.52. The molecule has 0 unspecified atom stereocenters. The summed E-state index contributed by atoms with van der Waals surface area (Å²) in [5.74, 6) is 0. The van der Waals surface area contributed by atoms with E-state index in [0.29, 0.717) is 0 Å². The quantitative estimate of drug-likeness (QED) is 0.770. The molecule has 1 aromatic carbocycles. The van der Waals surface area contributed by atoms with Crippen LogP contribution in [0, 0.1) is 0 Å². The number of fused-ring (bicyclic) bond motifs is 1. The van der Waals surface area contributed by atoms with E-state index < -0.39 is 0 Å². The van der Waals surface area contributed by atoms with Crippen LogP contribution in [-0.2, 0) is 0 Å². The molecule has 2 rings (SSSR count). The zero-order chi connectivity index (χ0) is 14.0. The van der Waals surface area contributed by atoms with Crippen molar-refractivity contribution in [3.63, 3.8) is 0 Å². The predicted molar refractivity (Wildman–Crippen MR) is 86.0 cm³/mol. The Morgan fingerprint density at radius 2 is 2.00 bits per heavy atom. The van der Waals surface area contributed by atoms with Crippen LogP contribution in [0.5, 0.6) is 0 Å². The molecule has 2 aromatic rings. The molecule has 0 spiro atoms. The number of halogens is 1. The largest absolute Gasteiger partial charge is 0.306 e. The summed E-state index contributed by atoms with van der Waals surface area (Å²) in [6.07, 6.45) is 3.15. The summed E-state index contributed by atoms with van der Waals surface area (Å²) in [6.45, 7) is 6.50. The second-order valence-electron chi connectivity index (χ2n) is 4.66. The van der Waals surface area contributed by atoms with Crippen molar-refractivity contribution in [2.75, 3.05) is 7.05 Å². The summed E-state index contributed by atoms with van der Waals surface area (Å²) in [7, 11) is 1.85. The molecule has 0 saturated carbocycles. The van der Waals surface area contributed by atoms with Crippen LogP contribution < -0.4 is 5.49 Å². The van der Waals surface area contributed by atoms with Gasteiger partial charge >= 0.3 is 0 Å². The lowest BCUT2D eigenvalue weighted by atomic mass is 10.1. The van der Waals surface area contributed by atoms with Gasteiger partial charge in [0.15, 0.2) is 0 Å². The summed E-state index contributed by atoms with van der Waals surface area (Å²) in [6, 6.07) is 8.37. The number of hydrogen-bond acceptors (Lipinski definition) is 1. The average molecular weight is 319 g/mol. The van der Waals surface area contributed by atoms with Crippen LogP contribution in [0.3, 0.4) is 0 Å². The molecule has 0 N–H and O–H groups in total. The molecule has 0 aliphatic heterocycles. The maximum absolute atomic E-state index is 4.50. The highest BCUT2D eigenvalue weighted by atomic mass is 79.9.